The largest absolute Gasteiger partial charge is 0.297 e. The second-order valence-electron chi connectivity index (χ2n) is 7.65. The summed E-state index contributed by atoms with van der Waals surface area (Å²) in [6.07, 6.45) is 10.1. The molecule has 0 unspecified atom stereocenters. The van der Waals surface area contributed by atoms with Crippen LogP contribution in [0.15, 0.2) is 30.7 Å². The van der Waals surface area contributed by atoms with Gasteiger partial charge in [0.1, 0.15) is 0 Å². The van der Waals surface area contributed by atoms with Crippen LogP contribution in [0.5, 0.6) is 0 Å². The molecule has 0 bridgehead atoms. The fourth-order valence-corrected chi connectivity index (χ4v) is 5.19. The van der Waals surface area contributed by atoms with Crippen molar-refractivity contribution in [1.82, 2.24) is 19.2 Å². The average molecular weight is 421 g/mol. The molecule has 5 rings (SSSR count). The first kappa shape index (κ1) is 20.6. The van der Waals surface area contributed by atoms with Crippen molar-refractivity contribution in [3.63, 3.8) is 0 Å². The maximum atomic E-state index is 12.9. The van der Waals surface area contributed by atoms with Crippen LogP contribution in [0, 0.1) is 18.2 Å². The first-order valence-corrected chi connectivity index (χ1v) is 11.4. The summed E-state index contributed by atoms with van der Waals surface area (Å²) < 4.78 is 16.4. The standard InChI is InChI=1S/C20H19BFN5S.C2H6/c1-13-6-15(7-16-8-27(12-22)25-19(13)16)18-10-26-9-17(24-20(26)28-18)14-2-4-21(11-23)5-3-14;1-2/h6-10,14H,2-5,12H2,1H3;1-2H3. The van der Waals surface area contributed by atoms with E-state index in [2.05, 4.69) is 40.0 Å². The SMILES string of the molecule is CC.Cc1cc(-c2cn3cc(C4CCB(C#N)CC4)nc3s2)cc2cn(CF)nc12. The first-order valence-electron chi connectivity index (χ1n) is 10.6. The third-order valence-corrected chi connectivity index (χ3v) is 6.80. The van der Waals surface area contributed by atoms with Crippen molar-refractivity contribution in [2.24, 2.45) is 0 Å². The summed E-state index contributed by atoms with van der Waals surface area (Å²) in [5.41, 5.74) is 4.14. The number of fused-ring (bicyclic) bond motifs is 2. The molecule has 5 nitrogen and oxygen atoms in total. The lowest BCUT2D eigenvalue weighted by molar-refractivity contribution is 0.351. The lowest BCUT2D eigenvalue weighted by Gasteiger charge is -2.21. The van der Waals surface area contributed by atoms with Gasteiger partial charge >= 0.3 is 0 Å². The van der Waals surface area contributed by atoms with E-state index in [4.69, 9.17) is 10.2 Å². The van der Waals surface area contributed by atoms with Crippen molar-refractivity contribution >= 4 is 33.9 Å². The topological polar surface area (TPSA) is 58.9 Å². The van der Waals surface area contributed by atoms with Crippen LogP contribution in [0.1, 0.15) is 43.9 Å². The molecule has 30 heavy (non-hydrogen) atoms. The Morgan fingerprint density at radius 3 is 2.67 bits per heavy atom. The van der Waals surface area contributed by atoms with Crippen LogP contribution < -0.4 is 0 Å². The molecule has 3 aromatic heterocycles. The molecule has 1 aromatic carbocycles. The molecule has 0 radical (unpaired) electrons. The van der Waals surface area contributed by atoms with Gasteiger partial charge in [-0.2, -0.15) is 5.10 Å². The maximum absolute atomic E-state index is 12.9. The number of aromatic nitrogens is 4. The van der Waals surface area contributed by atoms with E-state index in [9.17, 15) is 4.39 Å². The Kier molecular flexibility index (Phi) is 5.91. The van der Waals surface area contributed by atoms with Gasteiger partial charge in [0.25, 0.3) is 6.71 Å². The quantitative estimate of drug-likeness (QED) is 0.375. The molecule has 1 aliphatic heterocycles. The monoisotopic (exact) mass is 421 g/mol. The van der Waals surface area contributed by atoms with E-state index in [1.807, 2.05) is 20.8 Å². The highest BCUT2D eigenvalue weighted by atomic mass is 32.1. The van der Waals surface area contributed by atoms with E-state index >= 15 is 0 Å². The van der Waals surface area contributed by atoms with Crippen LogP contribution in [-0.4, -0.2) is 25.9 Å². The number of nitrogens with zero attached hydrogens (tertiary/aromatic N) is 5. The van der Waals surface area contributed by atoms with E-state index in [1.165, 1.54) is 4.68 Å². The zero-order valence-electron chi connectivity index (χ0n) is 17.6. The smallest absolute Gasteiger partial charge is 0.267 e. The minimum Gasteiger partial charge on any atom is -0.297 e. The van der Waals surface area contributed by atoms with Crippen LogP contribution >= 0.6 is 11.3 Å². The van der Waals surface area contributed by atoms with Crippen LogP contribution in [0.2, 0.25) is 12.6 Å². The Morgan fingerprint density at radius 2 is 2.00 bits per heavy atom. The lowest BCUT2D eigenvalue weighted by atomic mass is 9.41. The summed E-state index contributed by atoms with van der Waals surface area (Å²) in [5.74, 6) is 2.86. The fraction of sp³-hybridized carbons (Fsp3) is 0.409. The van der Waals surface area contributed by atoms with E-state index in [0.717, 1.165) is 63.0 Å². The minimum atomic E-state index is -0.616. The van der Waals surface area contributed by atoms with Crippen LogP contribution in [0.4, 0.5) is 4.39 Å². The van der Waals surface area contributed by atoms with Gasteiger partial charge in [-0.05, 0) is 30.2 Å². The molecule has 4 heterocycles. The van der Waals surface area contributed by atoms with Gasteiger partial charge in [0.15, 0.2) is 11.8 Å². The van der Waals surface area contributed by atoms with Gasteiger partial charge in [-0.25, -0.2) is 19.3 Å². The van der Waals surface area contributed by atoms with Crippen LogP contribution in [0.25, 0.3) is 26.3 Å². The molecule has 0 atom stereocenters. The predicted octanol–water partition coefficient (Wildman–Crippen LogP) is 6.11. The molecule has 4 aromatic rings. The first-order chi connectivity index (χ1) is 14.6. The van der Waals surface area contributed by atoms with Gasteiger partial charge < -0.3 is 0 Å². The highest BCUT2D eigenvalue weighted by molar-refractivity contribution is 7.20. The normalized spacial score (nSPS) is 14.7. The highest BCUT2D eigenvalue weighted by Crippen LogP contribution is 2.36. The number of rotatable bonds is 3. The van der Waals surface area contributed by atoms with Crippen LogP contribution in [-0.2, 0) is 6.80 Å². The predicted molar refractivity (Wildman–Crippen MR) is 122 cm³/mol. The van der Waals surface area contributed by atoms with Gasteiger partial charge in [0, 0.05) is 35.9 Å². The van der Waals surface area contributed by atoms with Crippen LogP contribution in [0.3, 0.4) is 0 Å². The average Bonchev–Trinajstić information content (AvgIpc) is 3.48. The zero-order valence-corrected chi connectivity index (χ0v) is 18.4. The summed E-state index contributed by atoms with van der Waals surface area (Å²) >= 11 is 1.67. The molecule has 0 saturated carbocycles. The number of halogens is 1. The van der Waals surface area contributed by atoms with E-state index < -0.39 is 6.80 Å². The number of nitriles is 1. The molecule has 8 heteroatoms. The summed E-state index contributed by atoms with van der Waals surface area (Å²) in [4.78, 5) is 7.00. The summed E-state index contributed by atoms with van der Waals surface area (Å²) in [5, 5.41) is 14.3. The second-order valence-corrected chi connectivity index (χ2v) is 8.66. The molecular formula is C22H25BFN5S. The third kappa shape index (κ3) is 3.74. The van der Waals surface area contributed by atoms with Gasteiger partial charge in [0.05, 0.1) is 16.1 Å². The third-order valence-electron chi connectivity index (χ3n) is 5.76. The Hall–Kier alpha value is -2.66. The van der Waals surface area contributed by atoms with Crippen molar-refractivity contribution in [1.29, 1.82) is 5.26 Å². The molecule has 0 spiro atoms. The molecule has 154 valence electrons. The van der Waals surface area contributed by atoms with Crippen molar-refractivity contribution < 1.29 is 4.39 Å². The van der Waals surface area contributed by atoms with Gasteiger partial charge in [-0.1, -0.05) is 50.7 Å². The number of aryl methyl sites for hydroxylation is 1. The van der Waals surface area contributed by atoms with E-state index in [0.29, 0.717) is 5.92 Å². The van der Waals surface area contributed by atoms with E-state index in [1.54, 1.807) is 17.5 Å². The molecule has 1 fully saturated rings. The summed E-state index contributed by atoms with van der Waals surface area (Å²) in [6.45, 7) is 5.61. The minimum absolute atomic E-state index is 0.214. The van der Waals surface area contributed by atoms with Crippen molar-refractivity contribution in [3.05, 3.63) is 42.0 Å². The number of alkyl halides is 1. The number of hydrogen-bond acceptors (Lipinski definition) is 4. The molecule has 0 amide bonds. The maximum Gasteiger partial charge on any atom is 0.267 e. The molecule has 1 saturated heterocycles. The van der Waals surface area contributed by atoms with Crippen molar-refractivity contribution in [3.8, 4) is 16.4 Å². The Morgan fingerprint density at radius 1 is 1.23 bits per heavy atom. The second kappa shape index (κ2) is 8.61. The fourth-order valence-electron chi connectivity index (χ4n) is 4.23. The number of hydrogen-bond donors (Lipinski definition) is 0. The summed E-state index contributed by atoms with van der Waals surface area (Å²) in [7, 11) is 0. The molecular weight excluding hydrogens is 396 g/mol. The van der Waals surface area contributed by atoms with E-state index in [-0.39, 0.29) is 6.71 Å². The van der Waals surface area contributed by atoms with Crippen molar-refractivity contribution in [2.75, 3.05) is 0 Å². The van der Waals surface area contributed by atoms with Crippen molar-refractivity contribution in [2.45, 2.75) is 59.0 Å². The van der Waals surface area contributed by atoms with Gasteiger partial charge in [-0.3, -0.25) is 4.40 Å². The Balaban J connectivity index is 0.00000106. The Labute approximate surface area is 180 Å². The highest BCUT2D eigenvalue weighted by Gasteiger charge is 2.27. The molecule has 1 aliphatic rings. The summed E-state index contributed by atoms with van der Waals surface area (Å²) in [6, 6.07) is 4.17. The lowest BCUT2D eigenvalue weighted by Crippen LogP contribution is -2.18. The molecule has 0 aliphatic carbocycles. The number of imidazole rings is 1. The molecule has 0 N–H and O–H groups in total. The Bertz CT molecular complexity index is 1180. The zero-order chi connectivity index (χ0) is 21.3. The van der Waals surface area contributed by atoms with Gasteiger partial charge in [-0.15, -0.1) is 0 Å². The number of benzene rings is 1. The van der Waals surface area contributed by atoms with Gasteiger partial charge in [0.2, 0.25) is 0 Å². The number of thiazole rings is 1.